The van der Waals surface area contributed by atoms with Crippen molar-refractivity contribution in [3.8, 4) is 0 Å². The highest BCUT2D eigenvalue weighted by atomic mass is 16.5. The van der Waals surface area contributed by atoms with Crippen LogP contribution < -0.4 is 5.73 Å². The van der Waals surface area contributed by atoms with E-state index in [-0.39, 0.29) is 18.6 Å². The van der Waals surface area contributed by atoms with Crippen LogP contribution in [0, 0.1) is 11.8 Å². The van der Waals surface area contributed by atoms with Crippen LogP contribution in [0.1, 0.15) is 18.4 Å². The molecular weight excluding hydrogens is 252 g/mol. The number of fused-ring (bicyclic) bond motifs is 1. The first kappa shape index (κ1) is 13.6. The molecule has 1 aliphatic carbocycles. The second-order valence-corrected chi connectivity index (χ2v) is 5.94. The van der Waals surface area contributed by atoms with Crippen molar-refractivity contribution in [3.05, 3.63) is 35.9 Å². The Bertz CT molecular complexity index is 463. The van der Waals surface area contributed by atoms with Crippen LogP contribution in [-0.4, -0.2) is 36.5 Å². The van der Waals surface area contributed by atoms with Crippen molar-refractivity contribution >= 4 is 5.91 Å². The van der Waals surface area contributed by atoms with Crippen LogP contribution in [0.25, 0.3) is 0 Å². The average molecular weight is 274 g/mol. The molecule has 3 atom stereocenters. The van der Waals surface area contributed by atoms with Gasteiger partial charge in [0.1, 0.15) is 6.61 Å². The van der Waals surface area contributed by atoms with E-state index < -0.39 is 0 Å². The summed E-state index contributed by atoms with van der Waals surface area (Å²) in [5.74, 6) is 1.22. The van der Waals surface area contributed by atoms with Crippen molar-refractivity contribution in [3.63, 3.8) is 0 Å². The zero-order chi connectivity index (χ0) is 13.9. The third-order valence-corrected chi connectivity index (χ3v) is 4.60. The van der Waals surface area contributed by atoms with Crippen molar-refractivity contribution in [1.29, 1.82) is 0 Å². The summed E-state index contributed by atoms with van der Waals surface area (Å²) in [4.78, 5) is 14.1. The smallest absolute Gasteiger partial charge is 0.248 e. The van der Waals surface area contributed by atoms with Crippen LogP contribution >= 0.6 is 0 Å². The van der Waals surface area contributed by atoms with Crippen LogP contribution in [0.2, 0.25) is 0 Å². The highest BCUT2D eigenvalue weighted by Crippen LogP contribution is 2.37. The lowest BCUT2D eigenvalue weighted by Gasteiger charge is -2.18. The predicted molar refractivity (Wildman–Crippen MR) is 76.9 cm³/mol. The van der Waals surface area contributed by atoms with Crippen LogP contribution in [0.5, 0.6) is 0 Å². The molecule has 4 heteroatoms. The number of rotatable bonds is 4. The van der Waals surface area contributed by atoms with Gasteiger partial charge in [0.05, 0.1) is 6.61 Å². The van der Waals surface area contributed by atoms with Gasteiger partial charge in [-0.1, -0.05) is 30.3 Å². The molecule has 2 fully saturated rings. The zero-order valence-electron chi connectivity index (χ0n) is 11.7. The fourth-order valence-corrected chi connectivity index (χ4v) is 3.43. The van der Waals surface area contributed by atoms with Crippen molar-refractivity contribution in [2.24, 2.45) is 17.6 Å². The molecule has 1 saturated carbocycles. The number of ether oxygens (including phenoxy) is 1. The highest BCUT2D eigenvalue weighted by molar-refractivity contribution is 5.77. The molecule has 3 unspecified atom stereocenters. The predicted octanol–water partition coefficient (Wildman–Crippen LogP) is 1.40. The average Bonchev–Trinajstić information content (AvgIpc) is 3.03. The second kappa shape index (κ2) is 5.94. The van der Waals surface area contributed by atoms with Gasteiger partial charge < -0.3 is 15.4 Å². The fraction of sp³-hybridized carbons (Fsp3) is 0.562. The van der Waals surface area contributed by atoms with Gasteiger partial charge in [-0.2, -0.15) is 0 Å². The molecule has 108 valence electrons. The van der Waals surface area contributed by atoms with E-state index in [1.165, 1.54) is 6.42 Å². The van der Waals surface area contributed by atoms with E-state index in [9.17, 15) is 4.79 Å². The maximum absolute atomic E-state index is 12.1. The quantitative estimate of drug-likeness (QED) is 0.903. The molecule has 1 amide bonds. The fourth-order valence-electron chi connectivity index (χ4n) is 3.43. The highest BCUT2D eigenvalue weighted by Gasteiger charge is 2.42. The summed E-state index contributed by atoms with van der Waals surface area (Å²) in [6.45, 7) is 2.35. The Morgan fingerprint density at radius 3 is 2.80 bits per heavy atom. The Kier molecular flexibility index (Phi) is 4.03. The normalized spacial score (nSPS) is 28.6. The largest absolute Gasteiger partial charge is 0.367 e. The Hall–Kier alpha value is -1.39. The summed E-state index contributed by atoms with van der Waals surface area (Å²) in [6.07, 6.45) is 2.28. The number of nitrogens with two attached hydrogens (primary N) is 1. The van der Waals surface area contributed by atoms with E-state index in [1.54, 1.807) is 0 Å². The first-order valence-corrected chi connectivity index (χ1v) is 7.39. The Morgan fingerprint density at radius 1 is 1.25 bits per heavy atom. The monoisotopic (exact) mass is 274 g/mol. The standard InChI is InChI=1S/C16H22N2O2/c17-15-7-6-13-8-18(9-14(13)15)16(19)11-20-10-12-4-2-1-3-5-12/h1-5,13-15H,6-11,17H2. The lowest BCUT2D eigenvalue weighted by molar-refractivity contribution is -0.135. The van der Waals surface area contributed by atoms with E-state index in [0.717, 1.165) is 25.1 Å². The van der Waals surface area contributed by atoms with Gasteiger partial charge in [0.25, 0.3) is 0 Å². The molecule has 2 N–H and O–H groups in total. The topological polar surface area (TPSA) is 55.6 Å². The van der Waals surface area contributed by atoms with Crippen molar-refractivity contribution in [2.45, 2.75) is 25.5 Å². The minimum absolute atomic E-state index is 0.0996. The summed E-state index contributed by atoms with van der Waals surface area (Å²) in [6, 6.07) is 10.2. The molecular formula is C16H22N2O2. The molecule has 0 radical (unpaired) electrons. The number of carbonyl (C=O) groups is 1. The number of hydrogen-bond donors (Lipinski definition) is 1. The number of carbonyl (C=O) groups excluding carboxylic acids is 1. The summed E-state index contributed by atoms with van der Waals surface area (Å²) < 4.78 is 5.52. The van der Waals surface area contributed by atoms with Crippen LogP contribution in [0.15, 0.2) is 30.3 Å². The summed E-state index contributed by atoms with van der Waals surface area (Å²) in [5, 5.41) is 0. The lowest BCUT2D eigenvalue weighted by atomic mass is 9.98. The molecule has 20 heavy (non-hydrogen) atoms. The molecule has 0 spiro atoms. The van der Waals surface area contributed by atoms with Crippen LogP contribution in [-0.2, 0) is 16.1 Å². The third-order valence-electron chi connectivity index (χ3n) is 4.60. The lowest BCUT2D eigenvalue weighted by Crippen LogP contribution is -2.35. The summed E-state index contributed by atoms with van der Waals surface area (Å²) in [5.41, 5.74) is 7.19. The van der Waals surface area contributed by atoms with Gasteiger partial charge in [0.15, 0.2) is 0 Å². The first-order valence-electron chi connectivity index (χ1n) is 7.39. The second-order valence-electron chi connectivity index (χ2n) is 5.94. The number of benzene rings is 1. The molecule has 1 aromatic carbocycles. The van der Waals surface area contributed by atoms with E-state index in [1.807, 2.05) is 35.2 Å². The SMILES string of the molecule is NC1CCC2CN(C(=O)COCc3ccccc3)CC12. The maximum Gasteiger partial charge on any atom is 0.248 e. The van der Waals surface area contributed by atoms with Crippen LogP contribution in [0.4, 0.5) is 0 Å². The molecule has 4 nitrogen and oxygen atoms in total. The van der Waals surface area contributed by atoms with Gasteiger partial charge in [0, 0.05) is 19.1 Å². The van der Waals surface area contributed by atoms with Gasteiger partial charge in [-0.15, -0.1) is 0 Å². The number of amides is 1. The third kappa shape index (κ3) is 2.86. The van der Waals surface area contributed by atoms with Crippen molar-refractivity contribution in [2.75, 3.05) is 19.7 Å². The van der Waals surface area contributed by atoms with Crippen LogP contribution in [0.3, 0.4) is 0 Å². The van der Waals surface area contributed by atoms with E-state index in [0.29, 0.717) is 18.4 Å². The van der Waals surface area contributed by atoms with Gasteiger partial charge in [-0.25, -0.2) is 0 Å². The molecule has 0 bridgehead atoms. The molecule has 1 saturated heterocycles. The Balaban J connectivity index is 1.44. The van der Waals surface area contributed by atoms with E-state index in [2.05, 4.69) is 0 Å². The Morgan fingerprint density at radius 2 is 2.05 bits per heavy atom. The maximum atomic E-state index is 12.1. The van der Waals surface area contributed by atoms with Crippen molar-refractivity contribution in [1.82, 2.24) is 4.90 Å². The number of hydrogen-bond acceptors (Lipinski definition) is 3. The van der Waals surface area contributed by atoms with E-state index >= 15 is 0 Å². The minimum Gasteiger partial charge on any atom is -0.367 e. The minimum atomic E-state index is 0.0996. The van der Waals surface area contributed by atoms with Gasteiger partial charge in [-0.05, 0) is 30.2 Å². The number of nitrogens with zero attached hydrogens (tertiary/aromatic N) is 1. The molecule has 1 aromatic rings. The Labute approximate surface area is 119 Å². The first-order chi connectivity index (χ1) is 9.74. The van der Waals surface area contributed by atoms with Gasteiger partial charge >= 0.3 is 0 Å². The molecule has 1 heterocycles. The van der Waals surface area contributed by atoms with Gasteiger partial charge in [-0.3, -0.25) is 4.79 Å². The molecule has 2 aliphatic rings. The number of likely N-dealkylation sites (tertiary alicyclic amines) is 1. The summed E-state index contributed by atoms with van der Waals surface area (Å²) >= 11 is 0. The molecule has 3 rings (SSSR count). The molecule has 1 aliphatic heterocycles. The van der Waals surface area contributed by atoms with E-state index in [4.69, 9.17) is 10.5 Å². The zero-order valence-corrected chi connectivity index (χ0v) is 11.7. The summed E-state index contributed by atoms with van der Waals surface area (Å²) in [7, 11) is 0. The molecule has 0 aromatic heterocycles. The van der Waals surface area contributed by atoms with Crippen molar-refractivity contribution < 1.29 is 9.53 Å². The van der Waals surface area contributed by atoms with Gasteiger partial charge in [0.2, 0.25) is 5.91 Å².